The Morgan fingerprint density at radius 3 is 2.95 bits per heavy atom. The molecular formula is C13H11N3O3. The van der Waals surface area contributed by atoms with Crippen molar-refractivity contribution in [1.82, 2.24) is 4.98 Å². The van der Waals surface area contributed by atoms with Gasteiger partial charge in [0.25, 0.3) is 0 Å². The number of carbonyl (C=O) groups is 1. The van der Waals surface area contributed by atoms with Crippen LogP contribution in [0.1, 0.15) is 5.56 Å². The van der Waals surface area contributed by atoms with Crippen molar-refractivity contribution in [2.75, 3.05) is 19.0 Å². The highest BCUT2D eigenvalue weighted by Gasteiger charge is 2.08. The average Bonchev–Trinajstić information content (AvgIpc) is 2.43. The number of aliphatic carboxylic acids is 1. The maximum atomic E-state index is 10.5. The molecule has 0 bridgehead atoms. The first kappa shape index (κ1) is 12.6. The van der Waals surface area contributed by atoms with Gasteiger partial charge < -0.3 is 15.2 Å². The first-order valence-corrected chi connectivity index (χ1v) is 5.48. The van der Waals surface area contributed by atoms with E-state index >= 15 is 0 Å². The summed E-state index contributed by atoms with van der Waals surface area (Å²) in [4.78, 5) is 14.8. The summed E-state index contributed by atoms with van der Waals surface area (Å²) in [6.07, 6.45) is 0. The minimum absolute atomic E-state index is 0.255. The van der Waals surface area contributed by atoms with Crippen LogP contribution in [0.15, 0.2) is 24.3 Å². The molecule has 6 nitrogen and oxygen atoms in total. The highest BCUT2D eigenvalue weighted by atomic mass is 16.5. The molecule has 0 amide bonds. The highest BCUT2D eigenvalue weighted by molar-refractivity contribution is 5.84. The van der Waals surface area contributed by atoms with Gasteiger partial charge in [-0.2, -0.15) is 5.26 Å². The first-order valence-electron chi connectivity index (χ1n) is 5.48. The third-order valence-electron chi connectivity index (χ3n) is 2.55. The van der Waals surface area contributed by atoms with Crippen LogP contribution in [-0.2, 0) is 4.79 Å². The standard InChI is InChI=1S/C13H11N3O3/c1-19-10-3-2-8-4-9(6-14)13(15-7-12(17)18)16-11(8)5-10/h2-5H,7H2,1H3,(H,15,16)(H,17,18). The van der Waals surface area contributed by atoms with E-state index in [-0.39, 0.29) is 12.4 Å². The van der Waals surface area contributed by atoms with Gasteiger partial charge in [0, 0.05) is 11.5 Å². The summed E-state index contributed by atoms with van der Waals surface area (Å²) < 4.78 is 5.10. The Kier molecular flexibility index (Phi) is 3.48. The van der Waals surface area contributed by atoms with Crippen molar-refractivity contribution < 1.29 is 14.6 Å². The normalized spacial score (nSPS) is 9.89. The van der Waals surface area contributed by atoms with Crippen LogP contribution < -0.4 is 10.1 Å². The maximum absolute atomic E-state index is 10.5. The molecule has 2 rings (SSSR count). The number of anilines is 1. The minimum atomic E-state index is -1.02. The van der Waals surface area contributed by atoms with Crippen molar-refractivity contribution >= 4 is 22.7 Å². The molecule has 0 aliphatic rings. The number of benzene rings is 1. The summed E-state index contributed by atoms with van der Waals surface area (Å²) >= 11 is 0. The fraction of sp³-hybridized carbons (Fsp3) is 0.154. The molecule has 0 saturated heterocycles. The molecule has 1 heterocycles. The van der Waals surface area contributed by atoms with E-state index in [0.717, 1.165) is 5.39 Å². The van der Waals surface area contributed by atoms with E-state index in [1.54, 1.807) is 31.4 Å². The molecule has 1 aromatic carbocycles. The first-order chi connectivity index (χ1) is 9.13. The number of hydrogen-bond acceptors (Lipinski definition) is 5. The third kappa shape index (κ3) is 2.72. The Bertz CT molecular complexity index is 677. The second-order valence-electron chi connectivity index (χ2n) is 3.80. The molecule has 6 heteroatoms. The van der Waals surface area contributed by atoms with Crippen molar-refractivity contribution in [3.05, 3.63) is 29.8 Å². The largest absolute Gasteiger partial charge is 0.497 e. The summed E-state index contributed by atoms with van der Waals surface area (Å²) in [5.41, 5.74) is 0.935. The Balaban J connectivity index is 2.49. The second kappa shape index (κ2) is 5.23. The molecule has 96 valence electrons. The number of carboxylic acid groups (broad SMARTS) is 1. The molecule has 19 heavy (non-hydrogen) atoms. The van der Waals surface area contributed by atoms with Crippen LogP contribution in [0.4, 0.5) is 5.82 Å². The van der Waals surface area contributed by atoms with Gasteiger partial charge in [0.2, 0.25) is 0 Å². The van der Waals surface area contributed by atoms with Gasteiger partial charge in [-0.25, -0.2) is 4.98 Å². The molecule has 0 unspecified atom stereocenters. The van der Waals surface area contributed by atoms with Gasteiger partial charge in [0.1, 0.15) is 24.2 Å². The molecular weight excluding hydrogens is 246 g/mol. The number of hydrogen-bond donors (Lipinski definition) is 2. The Labute approximate surface area is 109 Å². The van der Waals surface area contributed by atoms with Gasteiger partial charge >= 0.3 is 5.97 Å². The Hall–Kier alpha value is -2.81. The van der Waals surface area contributed by atoms with Crippen LogP contribution in [0, 0.1) is 11.3 Å². The van der Waals surface area contributed by atoms with Gasteiger partial charge in [0.05, 0.1) is 18.2 Å². The number of rotatable bonds is 4. The minimum Gasteiger partial charge on any atom is -0.497 e. The van der Waals surface area contributed by atoms with Gasteiger partial charge in [-0.15, -0.1) is 0 Å². The highest BCUT2D eigenvalue weighted by Crippen LogP contribution is 2.23. The van der Waals surface area contributed by atoms with Crippen molar-refractivity contribution in [1.29, 1.82) is 5.26 Å². The van der Waals surface area contributed by atoms with Crippen LogP contribution in [0.3, 0.4) is 0 Å². The SMILES string of the molecule is COc1ccc2cc(C#N)c(NCC(=O)O)nc2c1. The van der Waals surface area contributed by atoms with Crippen LogP contribution >= 0.6 is 0 Å². The number of fused-ring (bicyclic) bond motifs is 1. The predicted molar refractivity (Wildman–Crippen MR) is 69.1 cm³/mol. The zero-order chi connectivity index (χ0) is 13.8. The van der Waals surface area contributed by atoms with Crippen molar-refractivity contribution in [3.63, 3.8) is 0 Å². The summed E-state index contributed by atoms with van der Waals surface area (Å²) in [5, 5.41) is 21.1. The van der Waals surface area contributed by atoms with Crippen LogP contribution in [-0.4, -0.2) is 29.7 Å². The second-order valence-corrected chi connectivity index (χ2v) is 3.80. The quantitative estimate of drug-likeness (QED) is 0.864. The van der Waals surface area contributed by atoms with Gasteiger partial charge in [0.15, 0.2) is 0 Å². The lowest BCUT2D eigenvalue weighted by atomic mass is 10.1. The number of methoxy groups -OCH3 is 1. The Morgan fingerprint density at radius 1 is 1.53 bits per heavy atom. The van der Waals surface area contributed by atoms with Gasteiger partial charge in [-0.1, -0.05) is 0 Å². The molecule has 1 aromatic heterocycles. The summed E-state index contributed by atoms with van der Waals surface area (Å²) in [7, 11) is 1.55. The Morgan fingerprint density at radius 2 is 2.32 bits per heavy atom. The molecule has 0 spiro atoms. The molecule has 0 aliphatic carbocycles. The van der Waals surface area contributed by atoms with E-state index in [0.29, 0.717) is 16.8 Å². The van der Waals surface area contributed by atoms with Crippen LogP contribution in [0.5, 0.6) is 5.75 Å². The molecule has 0 aliphatic heterocycles. The number of ether oxygens (including phenoxy) is 1. The molecule has 0 saturated carbocycles. The fourth-order valence-corrected chi connectivity index (χ4v) is 1.65. The number of nitriles is 1. The number of nitrogens with zero attached hydrogens (tertiary/aromatic N) is 2. The molecule has 0 radical (unpaired) electrons. The van der Waals surface area contributed by atoms with Gasteiger partial charge in [-0.3, -0.25) is 4.79 Å². The lowest BCUT2D eigenvalue weighted by molar-refractivity contribution is -0.134. The molecule has 0 atom stereocenters. The zero-order valence-electron chi connectivity index (χ0n) is 10.2. The molecule has 2 aromatic rings. The van der Waals surface area contributed by atoms with E-state index < -0.39 is 5.97 Å². The lowest BCUT2D eigenvalue weighted by Gasteiger charge is -2.08. The van der Waals surface area contributed by atoms with Crippen molar-refractivity contribution in [2.24, 2.45) is 0 Å². The number of nitrogens with one attached hydrogen (secondary N) is 1. The van der Waals surface area contributed by atoms with Gasteiger partial charge in [-0.05, 0) is 18.2 Å². The predicted octanol–water partition coefficient (Wildman–Crippen LogP) is 1.61. The van der Waals surface area contributed by atoms with E-state index in [1.165, 1.54) is 0 Å². The monoisotopic (exact) mass is 257 g/mol. The van der Waals surface area contributed by atoms with Crippen LogP contribution in [0.25, 0.3) is 10.9 Å². The van der Waals surface area contributed by atoms with Crippen molar-refractivity contribution in [2.45, 2.75) is 0 Å². The molecule has 0 fully saturated rings. The van der Waals surface area contributed by atoms with E-state index in [4.69, 9.17) is 15.1 Å². The summed E-state index contributed by atoms with van der Waals surface area (Å²) in [6, 6.07) is 8.94. The van der Waals surface area contributed by atoms with E-state index in [2.05, 4.69) is 10.3 Å². The van der Waals surface area contributed by atoms with E-state index in [1.807, 2.05) is 6.07 Å². The average molecular weight is 257 g/mol. The third-order valence-corrected chi connectivity index (χ3v) is 2.55. The molecule has 2 N–H and O–H groups in total. The number of pyridine rings is 1. The smallest absolute Gasteiger partial charge is 0.322 e. The van der Waals surface area contributed by atoms with Crippen LogP contribution in [0.2, 0.25) is 0 Å². The zero-order valence-corrected chi connectivity index (χ0v) is 10.2. The maximum Gasteiger partial charge on any atom is 0.322 e. The van der Waals surface area contributed by atoms with Crippen molar-refractivity contribution in [3.8, 4) is 11.8 Å². The number of carboxylic acids is 1. The van der Waals surface area contributed by atoms with E-state index in [9.17, 15) is 4.79 Å². The summed E-state index contributed by atoms with van der Waals surface area (Å²) in [5.74, 6) is -0.115. The topological polar surface area (TPSA) is 95.2 Å². The number of aromatic nitrogens is 1. The summed E-state index contributed by atoms with van der Waals surface area (Å²) in [6.45, 7) is -0.294. The lowest BCUT2D eigenvalue weighted by Crippen LogP contribution is -2.14. The fourth-order valence-electron chi connectivity index (χ4n) is 1.65.